The van der Waals surface area contributed by atoms with E-state index in [0.717, 1.165) is 23.6 Å². The Balaban J connectivity index is 1.88. The van der Waals surface area contributed by atoms with E-state index in [-0.39, 0.29) is 22.1 Å². The highest BCUT2D eigenvalue weighted by Crippen LogP contribution is 2.38. The summed E-state index contributed by atoms with van der Waals surface area (Å²) in [5, 5.41) is 11.9. The monoisotopic (exact) mass is 483 g/mol. The first-order valence-corrected chi connectivity index (χ1v) is 10.3. The Bertz CT molecular complexity index is 1160. The topological polar surface area (TPSA) is 83.5 Å². The molecule has 3 rings (SSSR count). The molecular weight excluding hydrogens is 467 g/mol. The number of pyridine rings is 1. The molecule has 0 unspecified atom stereocenters. The van der Waals surface area contributed by atoms with Gasteiger partial charge in [-0.3, -0.25) is 0 Å². The minimum absolute atomic E-state index is 0.0618. The minimum Gasteiger partial charge on any atom is -0.478 e. The van der Waals surface area contributed by atoms with E-state index in [1.807, 2.05) is 0 Å². The molecule has 0 saturated heterocycles. The molecule has 0 aliphatic heterocycles. The quantitative estimate of drug-likeness (QED) is 0.322. The first-order chi connectivity index (χ1) is 15.1. The summed E-state index contributed by atoms with van der Waals surface area (Å²) < 4.78 is 48.0. The number of aryl methyl sites for hydroxylation is 1. The van der Waals surface area contributed by atoms with Crippen molar-refractivity contribution >= 4 is 40.9 Å². The van der Waals surface area contributed by atoms with Crippen LogP contribution in [0.4, 0.5) is 24.5 Å². The lowest BCUT2D eigenvalue weighted by Crippen LogP contribution is -2.06. The molecule has 2 aromatic carbocycles. The Labute approximate surface area is 190 Å². The van der Waals surface area contributed by atoms with Gasteiger partial charge in [-0.25, -0.2) is 9.78 Å². The van der Waals surface area contributed by atoms with Gasteiger partial charge in [0.05, 0.1) is 10.6 Å². The summed E-state index contributed by atoms with van der Waals surface area (Å²) in [5.41, 5.74) is 0.679. The zero-order valence-corrected chi connectivity index (χ0v) is 18.3. The van der Waals surface area contributed by atoms with Gasteiger partial charge >= 0.3 is 12.1 Å². The van der Waals surface area contributed by atoms with Crippen LogP contribution >= 0.6 is 23.5 Å². The van der Waals surface area contributed by atoms with Gasteiger partial charge in [0, 0.05) is 23.8 Å². The summed E-state index contributed by atoms with van der Waals surface area (Å²) in [5.74, 6) is -1.06. The predicted molar refractivity (Wildman–Crippen MR) is 118 cm³/mol. The summed E-state index contributed by atoms with van der Waals surface area (Å²) in [6.45, 7) is 1.78. The lowest BCUT2D eigenvalue weighted by atomic mass is 10.2. The van der Waals surface area contributed by atoms with Crippen LogP contribution in [-0.2, 0) is 6.18 Å². The van der Waals surface area contributed by atoms with Gasteiger partial charge in [-0.15, -0.1) is 0 Å². The van der Waals surface area contributed by atoms with Crippen LogP contribution in [0, 0.1) is 6.92 Å². The molecule has 0 atom stereocenters. The maximum Gasteiger partial charge on any atom is 0.417 e. The first kappa shape index (κ1) is 23.6. The van der Waals surface area contributed by atoms with Crippen molar-refractivity contribution in [1.29, 1.82) is 0 Å². The van der Waals surface area contributed by atoms with Crippen LogP contribution in [0.15, 0.2) is 53.6 Å². The van der Waals surface area contributed by atoms with Gasteiger partial charge in [0.2, 0.25) is 5.88 Å². The molecule has 32 heavy (non-hydrogen) atoms. The molecule has 11 heteroatoms. The molecule has 168 valence electrons. The van der Waals surface area contributed by atoms with Gasteiger partial charge in [0.15, 0.2) is 0 Å². The lowest BCUT2D eigenvalue weighted by Gasteiger charge is -2.15. The van der Waals surface area contributed by atoms with Crippen molar-refractivity contribution < 1.29 is 27.8 Å². The number of anilines is 2. The molecule has 0 bridgehead atoms. The third-order valence-electron chi connectivity index (χ3n) is 4.22. The number of halogens is 4. The number of nitrogens with zero attached hydrogens (tertiary/aromatic N) is 1. The number of aromatic carboxylic acids is 1. The van der Waals surface area contributed by atoms with E-state index in [9.17, 15) is 23.1 Å². The number of carboxylic acid groups (broad SMARTS) is 1. The molecule has 0 aliphatic rings. The van der Waals surface area contributed by atoms with Gasteiger partial charge in [-0.2, -0.15) is 13.2 Å². The van der Waals surface area contributed by atoms with Crippen molar-refractivity contribution in [3.8, 4) is 11.6 Å². The summed E-state index contributed by atoms with van der Waals surface area (Å²) in [6, 6.07) is 9.77. The van der Waals surface area contributed by atoms with Gasteiger partial charge in [0.25, 0.3) is 0 Å². The Kier molecular flexibility index (Phi) is 7.05. The molecule has 1 aromatic heterocycles. The Morgan fingerprint density at radius 2 is 1.94 bits per heavy atom. The maximum absolute atomic E-state index is 13.1. The van der Waals surface area contributed by atoms with E-state index in [2.05, 4.69) is 15.0 Å². The van der Waals surface area contributed by atoms with Crippen molar-refractivity contribution in [2.45, 2.75) is 18.0 Å². The molecule has 6 nitrogen and oxygen atoms in total. The number of carbonyl (C=O) groups is 1. The number of ether oxygens (including phenoxy) is 1. The van der Waals surface area contributed by atoms with Crippen LogP contribution < -0.4 is 14.8 Å². The van der Waals surface area contributed by atoms with E-state index >= 15 is 0 Å². The number of aromatic nitrogens is 1. The summed E-state index contributed by atoms with van der Waals surface area (Å²) in [7, 11) is 1.66. The SMILES string of the molecule is CNc1ccc(Oc2ncc(C)cc2NSc2ccc(Cl)c(C(F)(F)F)c2)c(C(=O)O)c1. The first-order valence-electron chi connectivity index (χ1n) is 9.07. The highest BCUT2D eigenvalue weighted by Gasteiger charge is 2.33. The van der Waals surface area contributed by atoms with E-state index in [1.54, 1.807) is 26.1 Å². The van der Waals surface area contributed by atoms with Crippen LogP contribution in [0.25, 0.3) is 0 Å². The van der Waals surface area contributed by atoms with Crippen molar-refractivity contribution in [3.05, 3.63) is 70.4 Å². The fourth-order valence-electron chi connectivity index (χ4n) is 2.66. The maximum atomic E-state index is 13.1. The average Bonchev–Trinajstić information content (AvgIpc) is 2.74. The summed E-state index contributed by atoms with van der Waals surface area (Å²) in [4.78, 5) is 16.1. The van der Waals surface area contributed by atoms with Crippen molar-refractivity contribution in [1.82, 2.24) is 4.98 Å². The second-order valence-corrected chi connectivity index (χ2v) is 7.86. The number of benzene rings is 2. The molecular formula is C21H17ClF3N3O3S. The Morgan fingerprint density at radius 1 is 1.19 bits per heavy atom. The van der Waals surface area contributed by atoms with E-state index in [0.29, 0.717) is 11.4 Å². The molecule has 0 amide bonds. The second kappa shape index (κ2) is 9.58. The second-order valence-electron chi connectivity index (χ2n) is 6.58. The minimum atomic E-state index is -4.58. The summed E-state index contributed by atoms with van der Waals surface area (Å²) in [6.07, 6.45) is -3.06. The largest absolute Gasteiger partial charge is 0.478 e. The zero-order chi connectivity index (χ0) is 23.5. The smallest absolute Gasteiger partial charge is 0.417 e. The summed E-state index contributed by atoms with van der Waals surface area (Å²) >= 11 is 6.57. The number of rotatable bonds is 7. The van der Waals surface area contributed by atoms with E-state index < -0.39 is 22.7 Å². The van der Waals surface area contributed by atoms with Gasteiger partial charge in [0.1, 0.15) is 17.0 Å². The van der Waals surface area contributed by atoms with Gasteiger partial charge < -0.3 is 19.9 Å². The normalized spacial score (nSPS) is 11.2. The third kappa shape index (κ3) is 5.57. The lowest BCUT2D eigenvalue weighted by molar-refractivity contribution is -0.137. The zero-order valence-electron chi connectivity index (χ0n) is 16.7. The molecule has 0 radical (unpaired) electrons. The number of hydrogen-bond donors (Lipinski definition) is 3. The van der Waals surface area contributed by atoms with Crippen molar-refractivity contribution in [2.24, 2.45) is 0 Å². The van der Waals surface area contributed by atoms with Gasteiger partial charge in [-0.05, 0) is 66.9 Å². The number of alkyl halides is 3. The predicted octanol–water partition coefficient (Wildman–Crippen LogP) is 6.71. The van der Waals surface area contributed by atoms with Crippen molar-refractivity contribution in [2.75, 3.05) is 17.1 Å². The molecule has 3 N–H and O–H groups in total. The molecule has 0 spiro atoms. The van der Waals surface area contributed by atoms with Crippen LogP contribution in [0.2, 0.25) is 5.02 Å². The van der Waals surface area contributed by atoms with Crippen LogP contribution in [0.5, 0.6) is 11.6 Å². The fraction of sp³-hybridized carbons (Fsp3) is 0.143. The number of carboxylic acids is 1. The molecule has 1 heterocycles. The highest BCUT2D eigenvalue weighted by atomic mass is 35.5. The van der Waals surface area contributed by atoms with Crippen LogP contribution in [0.1, 0.15) is 21.5 Å². The van der Waals surface area contributed by atoms with Crippen molar-refractivity contribution in [3.63, 3.8) is 0 Å². The highest BCUT2D eigenvalue weighted by molar-refractivity contribution is 8.00. The standard InChI is InChI=1S/C21H17ClF3N3O3S/c1-11-7-17(28-32-13-4-5-16(22)15(9-13)21(23,24)25)19(27-10-11)31-18-6-3-12(26-2)8-14(18)20(29)30/h3-10,26,28H,1-2H3,(H,29,30). The third-order valence-corrected chi connectivity index (χ3v) is 5.36. The van der Waals surface area contributed by atoms with Crippen LogP contribution in [0.3, 0.4) is 0 Å². The molecule has 3 aromatic rings. The Morgan fingerprint density at radius 3 is 2.59 bits per heavy atom. The van der Waals surface area contributed by atoms with E-state index in [1.165, 1.54) is 30.5 Å². The van der Waals surface area contributed by atoms with E-state index in [4.69, 9.17) is 16.3 Å². The molecule has 0 aliphatic carbocycles. The molecule has 0 saturated carbocycles. The fourth-order valence-corrected chi connectivity index (χ4v) is 3.57. The Hall–Kier alpha value is -3.11. The van der Waals surface area contributed by atoms with Crippen LogP contribution in [-0.4, -0.2) is 23.1 Å². The van der Waals surface area contributed by atoms with Gasteiger partial charge in [-0.1, -0.05) is 11.6 Å². The molecule has 0 fully saturated rings. The number of hydrogen-bond acceptors (Lipinski definition) is 6. The number of nitrogens with one attached hydrogen (secondary N) is 2. The average molecular weight is 484 g/mol.